The van der Waals surface area contributed by atoms with Crippen LogP contribution in [0.2, 0.25) is 0 Å². The first-order valence-corrected chi connectivity index (χ1v) is 17.1. The van der Waals surface area contributed by atoms with Gasteiger partial charge in [0, 0.05) is 42.2 Å². The molecule has 6 nitrogen and oxygen atoms in total. The molecule has 224 valence electrons. The number of hydrogen-bond acceptors (Lipinski definition) is 4. The molecule has 0 aromatic carbocycles. The Morgan fingerprint density at radius 3 is 2.40 bits per heavy atom. The number of carbonyl (C=O) groups excluding carboxylic acids is 2. The van der Waals surface area contributed by atoms with Crippen molar-refractivity contribution in [2.24, 2.45) is 52.3 Å². The van der Waals surface area contributed by atoms with Gasteiger partial charge in [-0.3, -0.25) is 4.79 Å². The van der Waals surface area contributed by atoms with Crippen molar-refractivity contribution < 1.29 is 19.1 Å². The number of hydrogen-bond donors (Lipinski definition) is 2. The molecular weight excluding hydrogens is 500 g/mol. The molecule has 2 amide bonds. The summed E-state index contributed by atoms with van der Waals surface area (Å²) in [5.41, 5.74) is -0.0771. The molecule has 0 aromatic rings. The Balaban J connectivity index is 1.03. The van der Waals surface area contributed by atoms with Crippen molar-refractivity contribution in [3.05, 3.63) is 0 Å². The summed E-state index contributed by atoms with van der Waals surface area (Å²) in [6, 6.07) is 0.650. The molecular formula is C34H54N2O4. The number of ether oxygens (including phenoxy) is 2. The molecule has 2 heterocycles. The lowest BCUT2D eigenvalue weighted by Crippen LogP contribution is -2.59. The fraction of sp³-hybridized carbons (Fsp3) is 0.941. The highest BCUT2D eigenvalue weighted by Gasteiger charge is 2.71. The van der Waals surface area contributed by atoms with E-state index in [0.29, 0.717) is 41.4 Å². The van der Waals surface area contributed by atoms with Gasteiger partial charge in [-0.2, -0.15) is 0 Å². The van der Waals surface area contributed by atoms with Crippen LogP contribution in [0.1, 0.15) is 118 Å². The summed E-state index contributed by atoms with van der Waals surface area (Å²) in [5, 5.41) is 6.62. The summed E-state index contributed by atoms with van der Waals surface area (Å²) in [4.78, 5) is 27.1. The molecule has 7 rings (SSSR count). The van der Waals surface area contributed by atoms with Crippen LogP contribution in [-0.2, 0) is 14.3 Å². The number of ketones is 1. The van der Waals surface area contributed by atoms with Gasteiger partial charge in [-0.25, -0.2) is 4.79 Å². The summed E-state index contributed by atoms with van der Waals surface area (Å²) in [6.45, 7) is 10.2. The second-order valence-corrected chi connectivity index (χ2v) is 16.0. The van der Waals surface area contributed by atoms with E-state index in [0.717, 1.165) is 64.4 Å². The minimum Gasteiger partial charge on any atom is -0.349 e. The Morgan fingerprint density at radius 1 is 0.875 bits per heavy atom. The standard InChI is InChI=1S/C34H54N2O4/c1-20-12-15-34(39-19-20)21(2)30-28(40-34)17-27-25-11-10-22-16-24(36-31(38)35-23-8-6-5-7-9-23)13-14-32(22,3)26(25)18-29(37)33(27,30)4/h20-28,30H,5-19H2,1-4H3,(H2,35,36,38)/t20?,21-,22?,24+,25+,26?,27-,28-,30?,32-,33+,34+/m0/s1. The maximum absolute atomic E-state index is 14.3. The van der Waals surface area contributed by atoms with Gasteiger partial charge in [0.05, 0.1) is 12.7 Å². The van der Waals surface area contributed by atoms with Crippen LogP contribution in [0.3, 0.4) is 0 Å². The van der Waals surface area contributed by atoms with E-state index in [1.165, 1.54) is 32.1 Å². The minimum absolute atomic E-state index is 0.0404. The third-order valence-corrected chi connectivity index (χ3v) is 14.1. The summed E-state index contributed by atoms with van der Waals surface area (Å²) in [5.74, 6) is 3.32. The second kappa shape index (κ2) is 9.96. The number of nitrogens with one attached hydrogen (secondary N) is 2. The normalized spacial score (nSPS) is 52.4. The van der Waals surface area contributed by atoms with Crippen molar-refractivity contribution in [2.45, 2.75) is 142 Å². The minimum atomic E-state index is -0.467. The van der Waals surface area contributed by atoms with E-state index in [1.807, 2.05) is 0 Å². The summed E-state index contributed by atoms with van der Waals surface area (Å²) in [7, 11) is 0. The van der Waals surface area contributed by atoms with Crippen LogP contribution in [0.15, 0.2) is 0 Å². The first kappa shape index (κ1) is 27.7. The van der Waals surface area contributed by atoms with Crippen LogP contribution in [0.25, 0.3) is 0 Å². The van der Waals surface area contributed by atoms with E-state index in [4.69, 9.17) is 9.47 Å². The van der Waals surface area contributed by atoms with Crippen molar-refractivity contribution in [1.82, 2.24) is 10.6 Å². The predicted molar refractivity (Wildman–Crippen MR) is 154 cm³/mol. The molecule has 0 aromatic heterocycles. The number of carbonyl (C=O) groups is 2. The van der Waals surface area contributed by atoms with Crippen LogP contribution in [0.5, 0.6) is 0 Å². The summed E-state index contributed by atoms with van der Waals surface area (Å²) < 4.78 is 13.3. The third-order valence-electron chi connectivity index (χ3n) is 14.1. The summed E-state index contributed by atoms with van der Waals surface area (Å²) in [6.07, 6.45) is 15.8. The zero-order valence-electron chi connectivity index (χ0n) is 25.5. The number of fused-ring (bicyclic) bond motifs is 7. The molecule has 2 N–H and O–H groups in total. The van der Waals surface area contributed by atoms with Crippen molar-refractivity contribution in [3.8, 4) is 0 Å². The molecule has 4 unspecified atom stereocenters. The predicted octanol–water partition coefficient (Wildman–Crippen LogP) is 6.61. The van der Waals surface area contributed by atoms with Crippen molar-refractivity contribution in [1.29, 1.82) is 0 Å². The maximum Gasteiger partial charge on any atom is 0.315 e. The largest absolute Gasteiger partial charge is 0.349 e. The van der Waals surface area contributed by atoms with E-state index < -0.39 is 5.79 Å². The lowest BCUT2D eigenvalue weighted by atomic mass is 9.44. The molecule has 1 spiro atoms. The van der Waals surface area contributed by atoms with Crippen molar-refractivity contribution >= 4 is 11.8 Å². The zero-order chi connectivity index (χ0) is 27.9. The molecule has 5 saturated carbocycles. The van der Waals surface area contributed by atoms with E-state index in [-0.39, 0.29) is 40.8 Å². The van der Waals surface area contributed by atoms with Crippen LogP contribution >= 0.6 is 0 Å². The highest BCUT2D eigenvalue weighted by Crippen LogP contribution is 2.70. The Bertz CT molecular complexity index is 1000. The molecule has 0 bridgehead atoms. The van der Waals surface area contributed by atoms with Gasteiger partial charge < -0.3 is 20.1 Å². The van der Waals surface area contributed by atoms with E-state index in [9.17, 15) is 9.59 Å². The van der Waals surface area contributed by atoms with Crippen LogP contribution in [0, 0.1) is 52.3 Å². The second-order valence-electron chi connectivity index (χ2n) is 16.0. The number of urea groups is 1. The molecule has 6 heteroatoms. The third kappa shape index (κ3) is 4.15. The lowest BCUT2D eigenvalue weighted by molar-refractivity contribution is -0.272. The van der Waals surface area contributed by atoms with Gasteiger partial charge >= 0.3 is 6.03 Å². The van der Waals surface area contributed by atoms with Gasteiger partial charge in [-0.05, 0) is 92.8 Å². The average Bonchev–Trinajstić information content (AvgIpc) is 3.38. The lowest BCUT2D eigenvalue weighted by Gasteiger charge is -2.60. The smallest absolute Gasteiger partial charge is 0.315 e. The van der Waals surface area contributed by atoms with E-state index in [2.05, 4.69) is 38.3 Å². The quantitative estimate of drug-likeness (QED) is 0.403. The molecule has 40 heavy (non-hydrogen) atoms. The van der Waals surface area contributed by atoms with E-state index in [1.54, 1.807) is 0 Å². The van der Waals surface area contributed by atoms with Crippen LogP contribution < -0.4 is 10.6 Å². The van der Waals surface area contributed by atoms with Gasteiger partial charge in [0.15, 0.2) is 5.79 Å². The maximum atomic E-state index is 14.3. The fourth-order valence-corrected chi connectivity index (χ4v) is 11.7. The van der Waals surface area contributed by atoms with E-state index >= 15 is 0 Å². The van der Waals surface area contributed by atoms with Crippen molar-refractivity contribution in [3.63, 3.8) is 0 Å². The first-order valence-electron chi connectivity index (χ1n) is 17.1. The molecule has 12 atom stereocenters. The Hall–Kier alpha value is -1.14. The van der Waals surface area contributed by atoms with Gasteiger partial charge in [0.2, 0.25) is 0 Å². The van der Waals surface area contributed by atoms with Gasteiger partial charge in [0.25, 0.3) is 0 Å². The van der Waals surface area contributed by atoms with Crippen molar-refractivity contribution in [2.75, 3.05) is 6.61 Å². The Kier molecular flexibility index (Phi) is 6.89. The number of amides is 2. The average molecular weight is 555 g/mol. The van der Waals surface area contributed by atoms with Crippen LogP contribution in [0.4, 0.5) is 4.79 Å². The highest BCUT2D eigenvalue weighted by molar-refractivity contribution is 5.87. The molecule has 7 aliphatic rings. The fourth-order valence-electron chi connectivity index (χ4n) is 11.7. The molecule has 7 fully saturated rings. The Labute approximate surface area is 241 Å². The molecule has 5 aliphatic carbocycles. The molecule has 2 saturated heterocycles. The number of rotatable bonds is 2. The molecule has 0 radical (unpaired) electrons. The SMILES string of the molecule is CC1CC[C@@]2(OC1)O[C@H]1C[C@H]3[C@@H]4CCC5C[C@H](NC(=O)NC6CCCCC6)CC[C@]5(C)C4CC(=O)[C@]3(C)C1[C@@H]2C. The first-order chi connectivity index (χ1) is 19.1. The zero-order valence-corrected chi connectivity index (χ0v) is 25.5. The van der Waals surface area contributed by atoms with Crippen LogP contribution in [-0.4, -0.2) is 42.4 Å². The topological polar surface area (TPSA) is 76.7 Å². The molecule has 2 aliphatic heterocycles. The Morgan fingerprint density at radius 2 is 1.65 bits per heavy atom. The highest BCUT2D eigenvalue weighted by atomic mass is 16.7. The van der Waals surface area contributed by atoms with Gasteiger partial charge in [0.1, 0.15) is 5.78 Å². The number of Topliss-reactive ketones (excluding diaryl/α,β-unsaturated/α-hetero) is 1. The van der Waals surface area contributed by atoms with Gasteiger partial charge in [-0.15, -0.1) is 0 Å². The monoisotopic (exact) mass is 554 g/mol. The summed E-state index contributed by atoms with van der Waals surface area (Å²) >= 11 is 0. The van der Waals surface area contributed by atoms with Gasteiger partial charge in [-0.1, -0.05) is 47.0 Å².